The van der Waals surface area contributed by atoms with Gasteiger partial charge in [0.25, 0.3) is 0 Å². The van der Waals surface area contributed by atoms with E-state index in [-0.39, 0.29) is 113 Å². The molecule has 424 valence electrons. The molecule has 41 heteroatoms. The molecule has 64 heavy (non-hydrogen) atoms. The first-order valence-corrected chi connectivity index (χ1v) is 33.5. The van der Waals surface area contributed by atoms with Gasteiger partial charge in [0.05, 0.1) is 101 Å². The molecule has 0 saturated carbocycles. The lowest BCUT2D eigenvalue weighted by Crippen LogP contribution is -1.88. The van der Waals surface area contributed by atoms with Crippen molar-refractivity contribution >= 4 is 464 Å². The van der Waals surface area contributed by atoms with Crippen molar-refractivity contribution in [3.8, 4) is 0 Å². The van der Waals surface area contributed by atoms with Gasteiger partial charge in [0, 0.05) is 6.61 Å². The van der Waals surface area contributed by atoms with E-state index in [0.717, 1.165) is 0 Å². The van der Waals surface area contributed by atoms with Gasteiger partial charge in [-0.25, -0.2) is 0 Å². The summed E-state index contributed by atoms with van der Waals surface area (Å²) < 4.78 is 0. The molecule has 0 atom stereocenters. The standard InChI is InChI=1S/C4H8Cl2O.19CH2Cl2/c5-4(6)2-1-3-7;19*2-1-3/h4,7H,1-3H2;19*1H2. The summed E-state index contributed by atoms with van der Waals surface area (Å²) in [5.41, 5.74) is 0. The summed E-state index contributed by atoms with van der Waals surface area (Å²) in [7, 11) is 0. The van der Waals surface area contributed by atoms with E-state index in [0.29, 0.717) is 12.8 Å². The van der Waals surface area contributed by atoms with Gasteiger partial charge < -0.3 is 5.11 Å². The Morgan fingerprint density at radius 2 is 0.250 bits per heavy atom. The molecule has 0 aromatic rings. The van der Waals surface area contributed by atoms with Crippen LogP contribution in [-0.4, -0.2) is 118 Å². The minimum atomic E-state index is -0.313. The van der Waals surface area contributed by atoms with Crippen molar-refractivity contribution in [2.24, 2.45) is 0 Å². The molecule has 0 heterocycles. The Morgan fingerprint density at radius 1 is 0.188 bits per heavy atom. The average Bonchev–Trinajstić information content (AvgIpc) is 3.17. The quantitative estimate of drug-likeness (QED) is 0.279. The number of rotatable bonds is 3. The van der Waals surface area contributed by atoms with Crippen LogP contribution in [0.1, 0.15) is 12.8 Å². The Kier molecular flexibility index (Phi) is 642. The molecule has 0 aliphatic rings. The van der Waals surface area contributed by atoms with Crippen LogP contribution >= 0.6 is 464 Å². The minimum Gasteiger partial charge on any atom is -0.396 e. The molecule has 0 aromatic carbocycles. The topological polar surface area (TPSA) is 20.2 Å². The predicted molar refractivity (Wildman–Crippen MR) is 347 cm³/mol. The first kappa shape index (κ1) is 136. The molecule has 0 rings (SSSR count). The Labute approximate surface area is 585 Å². The minimum absolute atomic E-state index is 0.177. The van der Waals surface area contributed by atoms with Gasteiger partial charge >= 0.3 is 0 Å². The maximum atomic E-state index is 8.20. The van der Waals surface area contributed by atoms with Gasteiger partial charge in [0.15, 0.2) is 0 Å². The third kappa shape index (κ3) is 1600. The van der Waals surface area contributed by atoms with Gasteiger partial charge in [0.1, 0.15) is 4.84 Å². The summed E-state index contributed by atoms with van der Waals surface area (Å²) >= 11 is 192. The molecule has 0 aromatic heterocycles. The van der Waals surface area contributed by atoms with E-state index >= 15 is 0 Å². The highest BCUT2D eigenvalue weighted by atomic mass is 35.6. The number of hydrogen-bond acceptors (Lipinski definition) is 1. The second kappa shape index (κ2) is 302. The van der Waals surface area contributed by atoms with E-state index in [1.807, 2.05) is 0 Å². The number of halogens is 40. The zero-order chi connectivity index (χ0) is 57.1. The lowest BCUT2D eigenvalue weighted by atomic mass is 10.4. The molecular formula is C23H46Cl40O. The van der Waals surface area contributed by atoms with E-state index in [1.54, 1.807) is 0 Å². The fraction of sp³-hybridized carbons (Fsp3) is 1.00. The van der Waals surface area contributed by atoms with E-state index in [1.165, 1.54) is 0 Å². The molecule has 1 nitrogen and oxygen atoms in total. The van der Waals surface area contributed by atoms with Crippen molar-refractivity contribution in [3.05, 3.63) is 0 Å². The summed E-state index contributed by atoms with van der Waals surface area (Å²) in [6, 6.07) is 0. The Morgan fingerprint density at radius 3 is 0.266 bits per heavy atom. The van der Waals surface area contributed by atoms with E-state index < -0.39 is 0 Å². The van der Waals surface area contributed by atoms with Gasteiger partial charge in [-0.1, -0.05) is 0 Å². The van der Waals surface area contributed by atoms with Gasteiger partial charge in [-0.3, -0.25) is 0 Å². The maximum absolute atomic E-state index is 8.20. The van der Waals surface area contributed by atoms with Crippen LogP contribution in [-0.2, 0) is 0 Å². The van der Waals surface area contributed by atoms with Crippen molar-refractivity contribution < 1.29 is 5.11 Å². The summed E-state index contributed by atoms with van der Waals surface area (Å²) in [4.78, 5) is -0.313. The zero-order valence-electron chi connectivity index (χ0n) is 31.7. The fourth-order valence-electron chi connectivity index (χ4n) is 0.246. The maximum Gasteiger partial charge on any atom is 0.107 e. The van der Waals surface area contributed by atoms with Crippen molar-refractivity contribution in [2.75, 3.05) is 108 Å². The largest absolute Gasteiger partial charge is 0.396 e. The van der Waals surface area contributed by atoms with Crippen LogP contribution in [0.5, 0.6) is 0 Å². The highest BCUT2D eigenvalue weighted by molar-refractivity contribution is 6.46. The molecule has 0 saturated heterocycles. The normalized spacial score (nSPS) is 6.47. The van der Waals surface area contributed by atoms with E-state index in [9.17, 15) is 0 Å². The SMILES string of the molecule is ClCCl.ClCCl.ClCCl.ClCCl.ClCCl.ClCCl.ClCCl.ClCCl.ClCCl.ClCCl.ClCCl.ClCCl.ClCCl.ClCCl.ClCCl.ClCCl.ClCCl.ClCCl.ClCCl.OCCCC(Cl)Cl. The lowest BCUT2D eigenvalue weighted by Gasteiger charge is -1.94. The lowest BCUT2D eigenvalue weighted by molar-refractivity contribution is 0.286. The summed E-state index contributed by atoms with van der Waals surface area (Å²) in [6.07, 6.45) is 1.37. The van der Waals surface area contributed by atoms with Gasteiger partial charge in [0.2, 0.25) is 0 Å². The average molecular weight is 1760 g/mol. The van der Waals surface area contributed by atoms with Crippen LogP contribution in [0.4, 0.5) is 0 Å². The van der Waals surface area contributed by atoms with Crippen LogP contribution in [0.3, 0.4) is 0 Å². The molecule has 0 unspecified atom stereocenters. The molecule has 1 N–H and O–H groups in total. The third-order valence-corrected chi connectivity index (χ3v) is 1.02. The number of aliphatic hydroxyl groups excluding tert-OH is 1. The third-order valence-electron chi connectivity index (χ3n) is 0.580. The Bertz CT molecular complexity index is 217. The molecule has 0 fully saturated rings. The first-order valence-electron chi connectivity index (χ1n) is 12.3. The molecule has 0 spiro atoms. The number of hydrogen-bond donors (Lipinski definition) is 1. The summed E-state index contributed by atoms with van der Waals surface area (Å²) in [5.74, 6) is 0. The molecule has 0 radical (unpaired) electrons. The molecule has 0 bridgehead atoms. The summed E-state index contributed by atoms with van der Waals surface area (Å²) in [5, 5.41) is 11.9. The molecule has 0 amide bonds. The van der Waals surface area contributed by atoms with Crippen LogP contribution in [0.25, 0.3) is 0 Å². The zero-order valence-corrected chi connectivity index (χ0v) is 61.9. The monoisotopic (exact) mass is 1740 g/mol. The second-order valence-corrected chi connectivity index (χ2v) is 19.8. The second-order valence-electron chi connectivity index (χ2n) is 3.18. The highest BCUT2D eigenvalue weighted by Gasteiger charge is 1.94. The molecular weight excluding hydrogens is 1710 g/mol. The van der Waals surface area contributed by atoms with E-state index in [2.05, 4.69) is 0 Å². The number of aliphatic hydroxyl groups is 1. The van der Waals surface area contributed by atoms with Gasteiger partial charge in [-0.2, -0.15) is 0 Å². The molecule has 0 aliphatic heterocycles. The van der Waals surface area contributed by atoms with Crippen LogP contribution in [0.15, 0.2) is 0 Å². The number of alkyl halides is 40. The Hall–Kier alpha value is 11.6. The first-order chi connectivity index (χ1) is 30.1. The Balaban J connectivity index is -0.0000000178. The van der Waals surface area contributed by atoms with Crippen molar-refractivity contribution in [1.82, 2.24) is 0 Å². The summed E-state index contributed by atoms with van der Waals surface area (Å²) in [6.45, 7) is 0.177. The predicted octanol–water partition coefficient (Wildman–Crippen LogP) is 28.6. The molecule has 0 aliphatic carbocycles. The van der Waals surface area contributed by atoms with Gasteiger partial charge in [-0.05, 0) is 12.8 Å². The fourth-order valence-corrected chi connectivity index (χ4v) is 0.554. The van der Waals surface area contributed by atoms with Crippen LogP contribution in [0, 0.1) is 0 Å². The van der Waals surface area contributed by atoms with Crippen LogP contribution < -0.4 is 0 Å². The smallest absolute Gasteiger partial charge is 0.107 e. The van der Waals surface area contributed by atoms with E-state index in [4.69, 9.17) is 469 Å². The van der Waals surface area contributed by atoms with Gasteiger partial charge in [-0.15, -0.1) is 464 Å². The van der Waals surface area contributed by atoms with Crippen molar-refractivity contribution in [3.63, 3.8) is 0 Å². The van der Waals surface area contributed by atoms with Crippen molar-refractivity contribution in [1.29, 1.82) is 0 Å². The van der Waals surface area contributed by atoms with Crippen LogP contribution in [0.2, 0.25) is 0 Å². The highest BCUT2D eigenvalue weighted by Crippen LogP contribution is 2.08. The van der Waals surface area contributed by atoms with Crippen molar-refractivity contribution in [2.45, 2.75) is 17.7 Å².